The number of carbonyl (C=O) groups excluding carboxylic acids is 1. The normalized spacial score (nSPS) is 11.2. The molecule has 17 heavy (non-hydrogen) atoms. The summed E-state index contributed by atoms with van der Waals surface area (Å²) in [5, 5.41) is 0. The Morgan fingerprint density at radius 1 is 1.29 bits per heavy atom. The van der Waals surface area contributed by atoms with Crippen LogP contribution in [0.2, 0.25) is 0 Å². The topological polar surface area (TPSA) is 36.7 Å². The lowest BCUT2D eigenvalue weighted by atomic mass is 10.2. The highest BCUT2D eigenvalue weighted by Gasteiger charge is 2.12. The lowest BCUT2D eigenvalue weighted by Gasteiger charge is -2.25. The molecule has 0 atom stereocenters. The van der Waals surface area contributed by atoms with Crippen LogP contribution in [0.1, 0.15) is 24.4 Å². The zero-order valence-electron chi connectivity index (χ0n) is 11.1. The number of hydrogen-bond donors (Lipinski definition) is 0. The van der Waals surface area contributed by atoms with Gasteiger partial charge in [-0.2, -0.15) is 0 Å². The molecule has 1 aromatic heterocycles. The molecule has 4 nitrogen and oxygen atoms in total. The molecule has 0 radical (unpaired) electrons. The fourth-order valence-corrected chi connectivity index (χ4v) is 1.63. The molecule has 0 bridgehead atoms. The molecule has 0 saturated heterocycles. The van der Waals surface area contributed by atoms with Crippen LogP contribution in [-0.2, 0) is 0 Å². The minimum Gasteiger partial charge on any atom is -0.438 e. The number of carbonyl (C=O) groups is 1. The Kier molecular flexibility index (Phi) is 5.22. The zero-order valence-corrected chi connectivity index (χ0v) is 11.1. The summed E-state index contributed by atoms with van der Waals surface area (Å²) in [6, 6.07) is 3.58. The summed E-state index contributed by atoms with van der Waals surface area (Å²) in [5.74, 6) is 1.73. The Balaban J connectivity index is 2.70. The molecule has 0 unspecified atom stereocenters. The van der Waals surface area contributed by atoms with Gasteiger partial charge in [0, 0.05) is 25.7 Å². The molecule has 1 rings (SSSR count). The van der Waals surface area contributed by atoms with E-state index in [1.54, 1.807) is 6.07 Å². The molecule has 4 heteroatoms. The van der Waals surface area contributed by atoms with Gasteiger partial charge in [-0.25, -0.2) is 0 Å². The van der Waals surface area contributed by atoms with E-state index < -0.39 is 0 Å². The van der Waals surface area contributed by atoms with Crippen LogP contribution in [0, 0.1) is 5.92 Å². The van der Waals surface area contributed by atoms with Crippen LogP contribution in [0.4, 0.5) is 5.88 Å². The largest absolute Gasteiger partial charge is 0.438 e. The lowest BCUT2D eigenvalue weighted by molar-refractivity contribution is 0.110. The summed E-state index contributed by atoms with van der Waals surface area (Å²) >= 11 is 0. The SMILES string of the molecule is CC(C)CN(CCN(C)C)c1ccc(C=O)o1. The van der Waals surface area contributed by atoms with Crippen molar-refractivity contribution in [3.05, 3.63) is 17.9 Å². The van der Waals surface area contributed by atoms with Crippen molar-refractivity contribution in [2.75, 3.05) is 38.6 Å². The monoisotopic (exact) mass is 238 g/mol. The Hall–Kier alpha value is -1.29. The first kappa shape index (κ1) is 13.8. The quantitative estimate of drug-likeness (QED) is 0.682. The third kappa shape index (κ3) is 4.61. The van der Waals surface area contributed by atoms with Crippen molar-refractivity contribution in [3.63, 3.8) is 0 Å². The number of furan rings is 1. The zero-order chi connectivity index (χ0) is 12.8. The molecule has 1 aromatic rings. The summed E-state index contributed by atoms with van der Waals surface area (Å²) in [6.07, 6.45) is 0.739. The molecule has 0 aliphatic heterocycles. The van der Waals surface area contributed by atoms with Crippen LogP contribution in [-0.4, -0.2) is 44.9 Å². The van der Waals surface area contributed by atoms with E-state index >= 15 is 0 Å². The molecule has 0 aliphatic carbocycles. The molecule has 0 aliphatic rings. The van der Waals surface area contributed by atoms with Gasteiger partial charge in [-0.05, 0) is 26.1 Å². The van der Waals surface area contributed by atoms with Crippen molar-refractivity contribution in [3.8, 4) is 0 Å². The molecule has 1 heterocycles. The lowest BCUT2D eigenvalue weighted by Crippen LogP contribution is -2.34. The molecule has 96 valence electrons. The van der Waals surface area contributed by atoms with Gasteiger partial charge in [-0.15, -0.1) is 0 Å². The van der Waals surface area contributed by atoms with Crippen molar-refractivity contribution >= 4 is 12.2 Å². The van der Waals surface area contributed by atoms with E-state index in [-0.39, 0.29) is 0 Å². The minimum atomic E-state index is 0.388. The van der Waals surface area contributed by atoms with Crippen LogP contribution >= 0.6 is 0 Å². The second-order valence-corrected chi connectivity index (χ2v) is 4.94. The third-order valence-electron chi connectivity index (χ3n) is 2.44. The maximum absolute atomic E-state index is 10.6. The van der Waals surface area contributed by atoms with Gasteiger partial charge in [0.05, 0.1) is 0 Å². The highest BCUT2D eigenvalue weighted by Crippen LogP contribution is 2.18. The fraction of sp³-hybridized carbons (Fsp3) is 0.615. The number of aldehydes is 1. The Bertz CT molecular complexity index is 345. The summed E-state index contributed by atoms with van der Waals surface area (Å²) < 4.78 is 5.47. The van der Waals surface area contributed by atoms with Gasteiger partial charge >= 0.3 is 0 Å². The van der Waals surface area contributed by atoms with Crippen molar-refractivity contribution in [1.29, 1.82) is 0 Å². The van der Waals surface area contributed by atoms with Gasteiger partial charge in [0.15, 0.2) is 17.9 Å². The summed E-state index contributed by atoms with van der Waals surface area (Å²) in [5.41, 5.74) is 0. The maximum atomic E-state index is 10.6. The molecule has 0 amide bonds. The molecular weight excluding hydrogens is 216 g/mol. The number of likely N-dealkylation sites (N-methyl/N-ethyl adjacent to an activating group) is 1. The molecule has 0 N–H and O–H groups in total. The smallest absolute Gasteiger partial charge is 0.196 e. The summed E-state index contributed by atoms with van der Waals surface area (Å²) in [4.78, 5) is 14.9. The average Bonchev–Trinajstić information content (AvgIpc) is 2.71. The van der Waals surface area contributed by atoms with Crippen molar-refractivity contribution < 1.29 is 9.21 Å². The summed E-state index contributed by atoms with van der Waals surface area (Å²) in [6.45, 7) is 7.14. The molecule has 0 fully saturated rings. The van der Waals surface area contributed by atoms with E-state index in [1.807, 2.05) is 20.2 Å². The number of hydrogen-bond acceptors (Lipinski definition) is 4. The van der Waals surface area contributed by atoms with Gasteiger partial charge in [0.1, 0.15) is 0 Å². The molecule has 0 spiro atoms. The molecule has 0 saturated carbocycles. The van der Waals surface area contributed by atoms with E-state index in [0.717, 1.165) is 31.8 Å². The maximum Gasteiger partial charge on any atom is 0.196 e. The number of nitrogens with zero attached hydrogens (tertiary/aromatic N) is 2. The fourth-order valence-electron chi connectivity index (χ4n) is 1.63. The number of rotatable bonds is 7. The van der Waals surface area contributed by atoms with Crippen LogP contribution in [0.25, 0.3) is 0 Å². The van der Waals surface area contributed by atoms with E-state index in [2.05, 4.69) is 23.6 Å². The van der Waals surface area contributed by atoms with E-state index in [1.165, 1.54) is 0 Å². The van der Waals surface area contributed by atoms with Crippen LogP contribution in [0.3, 0.4) is 0 Å². The minimum absolute atomic E-state index is 0.388. The van der Waals surface area contributed by atoms with Crippen molar-refractivity contribution in [1.82, 2.24) is 4.90 Å². The highest BCUT2D eigenvalue weighted by atomic mass is 16.4. The Morgan fingerprint density at radius 2 is 2.00 bits per heavy atom. The van der Waals surface area contributed by atoms with Gasteiger partial charge in [0.25, 0.3) is 0 Å². The number of anilines is 1. The first-order valence-corrected chi connectivity index (χ1v) is 5.97. The first-order chi connectivity index (χ1) is 8.02. The van der Waals surface area contributed by atoms with Crippen LogP contribution in [0.15, 0.2) is 16.5 Å². The first-order valence-electron chi connectivity index (χ1n) is 5.97. The standard InChI is InChI=1S/C13H22N2O2/c1-11(2)9-15(8-7-14(3)4)13-6-5-12(10-16)17-13/h5-6,10-11H,7-9H2,1-4H3. The Labute approximate surface area is 103 Å². The second kappa shape index (κ2) is 6.45. The third-order valence-corrected chi connectivity index (χ3v) is 2.44. The predicted octanol–water partition coefficient (Wildman–Crippen LogP) is 2.12. The molecular formula is C13H22N2O2. The van der Waals surface area contributed by atoms with Gasteiger partial charge < -0.3 is 14.2 Å². The predicted molar refractivity (Wildman–Crippen MR) is 69.7 cm³/mol. The van der Waals surface area contributed by atoms with Crippen molar-refractivity contribution in [2.45, 2.75) is 13.8 Å². The van der Waals surface area contributed by atoms with Crippen molar-refractivity contribution in [2.24, 2.45) is 5.92 Å². The highest BCUT2D eigenvalue weighted by molar-refractivity contribution is 5.71. The van der Waals surface area contributed by atoms with Gasteiger partial charge in [-0.3, -0.25) is 4.79 Å². The van der Waals surface area contributed by atoms with E-state index in [4.69, 9.17) is 4.42 Å². The van der Waals surface area contributed by atoms with E-state index in [9.17, 15) is 4.79 Å². The van der Waals surface area contributed by atoms with Crippen LogP contribution < -0.4 is 4.90 Å². The molecule has 0 aromatic carbocycles. The Morgan fingerprint density at radius 3 is 2.47 bits per heavy atom. The van der Waals surface area contributed by atoms with Gasteiger partial charge in [0.2, 0.25) is 0 Å². The second-order valence-electron chi connectivity index (χ2n) is 4.94. The van der Waals surface area contributed by atoms with Gasteiger partial charge in [-0.1, -0.05) is 13.8 Å². The van der Waals surface area contributed by atoms with E-state index in [0.29, 0.717) is 11.7 Å². The average molecular weight is 238 g/mol. The van der Waals surface area contributed by atoms with Crippen LogP contribution in [0.5, 0.6) is 0 Å². The summed E-state index contributed by atoms with van der Waals surface area (Å²) in [7, 11) is 4.10.